The minimum Gasteiger partial charge on any atom is -0.478 e. The molecule has 2 aromatic rings. The van der Waals surface area contributed by atoms with Crippen molar-refractivity contribution in [3.05, 3.63) is 64.7 Å². The van der Waals surface area contributed by atoms with Gasteiger partial charge in [0.1, 0.15) is 0 Å². The molecule has 0 heterocycles. The Morgan fingerprint density at radius 1 is 1.05 bits per heavy atom. The van der Waals surface area contributed by atoms with Crippen molar-refractivity contribution >= 4 is 29.2 Å². The van der Waals surface area contributed by atoms with Crippen LogP contribution in [0.3, 0.4) is 0 Å². The molecule has 0 fully saturated rings. The zero-order chi connectivity index (χ0) is 13.8. The van der Waals surface area contributed by atoms with Crippen molar-refractivity contribution in [2.75, 3.05) is 5.32 Å². The molecule has 0 aliphatic rings. The van der Waals surface area contributed by atoms with Gasteiger partial charge >= 0.3 is 5.97 Å². The lowest BCUT2D eigenvalue weighted by Gasteiger charge is -2.07. The number of halogens is 1. The first-order valence-electron chi connectivity index (χ1n) is 5.47. The fraction of sp³-hybridized carbons (Fsp3) is 0. The lowest BCUT2D eigenvalue weighted by molar-refractivity contribution is 0.0697. The van der Waals surface area contributed by atoms with Crippen LogP contribution < -0.4 is 5.32 Å². The SMILES string of the molecule is O=C(O)c1ccc(Cl)c(C(=O)Nc2ccccc2)c1. The number of amides is 1. The minimum atomic E-state index is -1.11. The molecule has 0 saturated carbocycles. The summed E-state index contributed by atoms with van der Waals surface area (Å²) in [5.74, 6) is -1.55. The number of carbonyl (C=O) groups excluding carboxylic acids is 1. The third kappa shape index (κ3) is 3.11. The van der Waals surface area contributed by atoms with Gasteiger partial charge in [0.2, 0.25) is 0 Å². The second kappa shape index (κ2) is 5.54. The van der Waals surface area contributed by atoms with Crippen molar-refractivity contribution in [2.24, 2.45) is 0 Å². The molecular weight excluding hydrogens is 266 g/mol. The van der Waals surface area contributed by atoms with Gasteiger partial charge in [0.15, 0.2) is 0 Å². The fourth-order valence-corrected chi connectivity index (χ4v) is 1.76. The topological polar surface area (TPSA) is 66.4 Å². The highest BCUT2D eigenvalue weighted by Gasteiger charge is 2.13. The minimum absolute atomic E-state index is 0.0163. The Hall–Kier alpha value is -2.33. The molecule has 96 valence electrons. The van der Waals surface area contributed by atoms with E-state index in [-0.39, 0.29) is 16.1 Å². The molecule has 0 unspecified atom stereocenters. The van der Waals surface area contributed by atoms with Gasteiger partial charge in [0.05, 0.1) is 16.1 Å². The van der Waals surface area contributed by atoms with Crippen LogP contribution in [0.5, 0.6) is 0 Å². The second-order valence-electron chi connectivity index (χ2n) is 3.82. The van der Waals surface area contributed by atoms with Gasteiger partial charge in [-0.05, 0) is 30.3 Å². The number of carboxylic acid groups (broad SMARTS) is 1. The van der Waals surface area contributed by atoms with Crippen LogP contribution in [0.2, 0.25) is 5.02 Å². The van der Waals surface area contributed by atoms with Crippen LogP contribution in [0.4, 0.5) is 5.69 Å². The number of carbonyl (C=O) groups is 2. The molecule has 2 rings (SSSR count). The Morgan fingerprint density at radius 2 is 1.74 bits per heavy atom. The summed E-state index contributed by atoms with van der Waals surface area (Å²) in [5.41, 5.74) is 0.761. The Kier molecular flexibility index (Phi) is 3.82. The van der Waals surface area contributed by atoms with Crippen LogP contribution in [-0.2, 0) is 0 Å². The summed E-state index contributed by atoms with van der Waals surface area (Å²) >= 11 is 5.91. The zero-order valence-electron chi connectivity index (χ0n) is 9.76. The maximum absolute atomic E-state index is 12.0. The molecule has 0 aliphatic carbocycles. The third-order valence-corrected chi connectivity index (χ3v) is 2.82. The monoisotopic (exact) mass is 275 g/mol. The van der Waals surface area contributed by atoms with Crippen LogP contribution in [0, 0.1) is 0 Å². The molecule has 2 aromatic carbocycles. The standard InChI is InChI=1S/C14H10ClNO3/c15-12-7-6-9(14(18)19)8-11(12)13(17)16-10-4-2-1-3-5-10/h1-8H,(H,16,17)(H,18,19). The number of benzene rings is 2. The Labute approximate surface area is 114 Å². The van der Waals surface area contributed by atoms with Crippen LogP contribution in [-0.4, -0.2) is 17.0 Å². The number of hydrogen-bond donors (Lipinski definition) is 2. The van der Waals surface area contributed by atoms with E-state index in [0.717, 1.165) is 0 Å². The first-order valence-corrected chi connectivity index (χ1v) is 5.85. The number of hydrogen-bond acceptors (Lipinski definition) is 2. The van der Waals surface area contributed by atoms with Gasteiger partial charge in [-0.25, -0.2) is 4.79 Å². The Balaban J connectivity index is 2.28. The largest absolute Gasteiger partial charge is 0.478 e. The number of nitrogens with one attached hydrogen (secondary N) is 1. The summed E-state index contributed by atoms with van der Waals surface area (Å²) in [6.45, 7) is 0. The average Bonchev–Trinajstić information content (AvgIpc) is 2.40. The Bertz CT molecular complexity index is 626. The van der Waals surface area contributed by atoms with Crippen molar-refractivity contribution in [1.29, 1.82) is 0 Å². The number of aromatic carboxylic acids is 1. The van der Waals surface area contributed by atoms with Crippen LogP contribution in [0.25, 0.3) is 0 Å². The molecule has 19 heavy (non-hydrogen) atoms. The molecule has 5 heteroatoms. The second-order valence-corrected chi connectivity index (χ2v) is 4.23. The van der Waals surface area contributed by atoms with E-state index in [4.69, 9.17) is 16.7 Å². The number of carboxylic acids is 1. The quantitative estimate of drug-likeness (QED) is 0.903. The van der Waals surface area contributed by atoms with Crippen molar-refractivity contribution in [2.45, 2.75) is 0 Å². The molecule has 2 N–H and O–H groups in total. The summed E-state index contributed by atoms with van der Waals surface area (Å²) < 4.78 is 0. The number of anilines is 1. The smallest absolute Gasteiger partial charge is 0.335 e. The van der Waals surface area contributed by atoms with Crippen molar-refractivity contribution in [3.8, 4) is 0 Å². The molecule has 1 amide bonds. The van der Waals surface area contributed by atoms with E-state index >= 15 is 0 Å². The van der Waals surface area contributed by atoms with Gasteiger partial charge in [0, 0.05) is 5.69 Å². The van der Waals surface area contributed by atoms with Gasteiger partial charge in [-0.3, -0.25) is 4.79 Å². The maximum atomic E-state index is 12.0. The zero-order valence-corrected chi connectivity index (χ0v) is 10.5. The number of para-hydroxylation sites is 1. The van der Waals surface area contributed by atoms with E-state index < -0.39 is 11.9 Å². The van der Waals surface area contributed by atoms with Gasteiger partial charge in [0.25, 0.3) is 5.91 Å². The fourth-order valence-electron chi connectivity index (χ4n) is 1.55. The van der Waals surface area contributed by atoms with Crippen LogP contribution in [0.1, 0.15) is 20.7 Å². The van der Waals surface area contributed by atoms with E-state index in [1.807, 2.05) is 6.07 Å². The van der Waals surface area contributed by atoms with Crippen molar-refractivity contribution in [3.63, 3.8) is 0 Å². The summed E-state index contributed by atoms with van der Waals surface area (Å²) in [5, 5.41) is 11.8. The van der Waals surface area contributed by atoms with Crippen molar-refractivity contribution < 1.29 is 14.7 Å². The molecule has 0 aromatic heterocycles. The normalized spacial score (nSPS) is 9.95. The first-order chi connectivity index (χ1) is 9.08. The van der Waals surface area contributed by atoms with Crippen molar-refractivity contribution in [1.82, 2.24) is 0 Å². The molecule has 0 radical (unpaired) electrons. The molecule has 0 bridgehead atoms. The van der Waals surface area contributed by atoms with Gasteiger partial charge < -0.3 is 10.4 Å². The maximum Gasteiger partial charge on any atom is 0.335 e. The summed E-state index contributed by atoms with van der Waals surface area (Å²) in [4.78, 5) is 22.9. The van der Waals surface area contributed by atoms with E-state index in [1.54, 1.807) is 24.3 Å². The average molecular weight is 276 g/mol. The van der Waals surface area contributed by atoms with Crippen LogP contribution >= 0.6 is 11.6 Å². The lowest BCUT2D eigenvalue weighted by atomic mass is 10.1. The van der Waals surface area contributed by atoms with E-state index in [1.165, 1.54) is 18.2 Å². The molecule has 0 saturated heterocycles. The molecule has 0 atom stereocenters. The highest BCUT2D eigenvalue weighted by Crippen LogP contribution is 2.19. The van der Waals surface area contributed by atoms with E-state index in [9.17, 15) is 9.59 Å². The first kappa shape index (κ1) is 13.1. The molecule has 4 nitrogen and oxygen atoms in total. The third-order valence-electron chi connectivity index (χ3n) is 2.49. The summed E-state index contributed by atoms with van der Waals surface area (Å²) in [7, 11) is 0. The van der Waals surface area contributed by atoms with E-state index in [0.29, 0.717) is 5.69 Å². The van der Waals surface area contributed by atoms with Gasteiger partial charge in [-0.2, -0.15) is 0 Å². The Morgan fingerprint density at radius 3 is 2.37 bits per heavy atom. The van der Waals surface area contributed by atoms with Gasteiger partial charge in [-0.15, -0.1) is 0 Å². The molecular formula is C14H10ClNO3. The van der Waals surface area contributed by atoms with E-state index in [2.05, 4.69) is 5.32 Å². The van der Waals surface area contributed by atoms with Crippen LogP contribution in [0.15, 0.2) is 48.5 Å². The predicted molar refractivity (Wildman–Crippen MR) is 72.8 cm³/mol. The number of rotatable bonds is 3. The molecule has 0 spiro atoms. The predicted octanol–water partition coefficient (Wildman–Crippen LogP) is 3.29. The summed E-state index contributed by atoms with van der Waals surface area (Å²) in [6, 6.07) is 12.8. The highest BCUT2D eigenvalue weighted by molar-refractivity contribution is 6.34. The highest BCUT2D eigenvalue weighted by atomic mass is 35.5. The lowest BCUT2D eigenvalue weighted by Crippen LogP contribution is -2.13. The summed E-state index contributed by atoms with van der Waals surface area (Å²) in [6.07, 6.45) is 0. The molecule has 0 aliphatic heterocycles. The van der Waals surface area contributed by atoms with Gasteiger partial charge in [-0.1, -0.05) is 29.8 Å².